The van der Waals surface area contributed by atoms with Gasteiger partial charge in [0, 0.05) is 5.69 Å². The van der Waals surface area contributed by atoms with Crippen molar-refractivity contribution in [3.63, 3.8) is 0 Å². The molecule has 1 unspecified atom stereocenters. The largest absolute Gasteiger partial charge is 0.391 e. The number of amides is 1. The number of hydrogen-bond donors (Lipinski definition) is 1. The van der Waals surface area contributed by atoms with E-state index in [-0.39, 0.29) is 12.3 Å². The van der Waals surface area contributed by atoms with Crippen molar-refractivity contribution in [1.29, 1.82) is 0 Å². The normalized spacial score (nSPS) is 21.1. The van der Waals surface area contributed by atoms with E-state index >= 15 is 0 Å². The second kappa shape index (κ2) is 4.03. The van der Waals surface area contributed by atoms with E-state index in [0.29, 0.717) is 6.54 Å². The zero-order valence-corrected chi connectivity index (χ0v) is 8.81. The van der Waals surface area contributed by atoms with E-state index in [0.717, 1.165) is 12.1 Å². The SMILES string of the molecule is CCc1ccc(N2CC(O)CC2=O)cc1. The van der Waals surface area contributed by atoms with Gasteiger partial charge in [0.25, 0.3) is 0 Å². The van der Waals surface area contributed by atoms with E-state index in [4.69, 9.17) is 0 Å². The summed E-state index contributed by atoms with van der Waals surface area (Å²) in [5.41, 5.74) is 2.14. The predicted octanol–water partition coefficient (Wildman–Crippen LogP) is 1.35. The summed E-state index contributed by atoms with van der Waals surface area (Å²) in [5.74, 6) is 0.00625. The van der Waals surface area contributed by atoms with Crippen LogP contribution >= 0.6 is 0 Å². The first-order valence-electron chi connectivity index (χ1n) is 5.28. The highest BCUT2D eigenvalue weighted by atomic mass is 16.3. The van der Waals surface area contributed by atoms with Gasteiger partial charge in [0.05, 0.1) is 19.1 Å². The number of β-amino-alcohol motifs (C(OH)–C–C–N with tert-alkyl or cyclic N) is 1. The maximum atomic E-state index is 11.5. The van der Waals surface area contributed by atoms with Crippen molar-refractivity contribution in [2.75, 3.05) is 11.4 Å². The highest BCUT2D eigenvalue weighted by Gasteiger charge is 2.28. The molecule has 1 N–H and O–H groups in total. The molecule has 1 fully saturated rings. The maximum absolute atomic E-state index is 11.5. The van der Waals surface area contributed by atoms with Gasteiger partial charge in [0.15, 0.2) is 0 Å². The van der Waals surface area contributed by atoms with Gasteiger partial charge in [-0.15, -0.1) is 0 Å². The molecule has 3 heteroatoms. The summed E-state index contributed by atoms with van der Waals surface area (Å²) in [6, 6.07) is 7.92. The van der Waals surface area contributed by atoms with Gasteiger partial charge in [-0.05, 0) is 24.1 Å². The van der Waals surface area contributed by atoms with Crippen LogP contribution in [0.2, 0.25) is 0 Å². The van der Waals surface area contributed by atoms with E-state index < -0.39 is 6.10 Å². The van der Waals surface area contributed by atoms with Crippen molar-refractivity contribution in [2.45, 2.75) is 25.9 Å². The van der Waals surface area contributed by atoms with Gasteiger partial charge in [-0.1, -0.05) is 19.1 Å². The molecule has 1 atom stereocenters. The van der Waals surface area contributed by atoms with E-state index in [1.165, 1.54) is 5.56 Å². The quantitative estimate of drug-likeness (QED) is 0.791. The number of nitrogens with zero attached hydrogens (tertiary/aromatic N) is 1. The first-order chi connectivity index (χ1) is 7.20. The van der Waals surface area contributed by atoms with Crippen LogP contribution in [0, 0.1) is 0 Å². The Morgan fingerprint density at radius 2 is 2.07 bits per heavy atom. The Labute approximate surface area is 89.3 Å². The minimum absolute atomic E-state index is 0.00625. The molecular formula is C12H15NO2. The number of aryl methyl sites for hydroxylation is 1. The fraction of sp³-hybridized carbons (Fsp3) is 0.417. The van der Waals surface area contributed by atoms with E-state index in [2.05, 4.69) is 6.92 Å². The standard InChI is InChI=1S/C12H15NO2/c1-2-9-3-5-10(6-4-9)13-8-11(14)7-12(13)15/h3-6,11,14H,2,7-8H2,1H3. The third-order valence-corrected chi connectivity index (χ3v) is 2.76. The van der Waals surface area contributed by atoms with Gasteiger partial charge in [-0.3, -0.25) is 4.79 Å². The molecule has 1 aliphatic heterocycles. The maximum Gasteiger partial charge on any atom is 0.229 e. The molecule has 0 aromatic heterocycles. The zero-order valence-electron chi connectivity index (χ0n) is 8.81. The van der Waals surface area contributed by atoms with Gasteiger partial charge in [0.2, 0.25) is 5.91 Å². The minimum Gasteiger partial charge on any atom is -0.391 e. The van der Waals surface area contributed by atoms with Crippen LogP contribution in [0.5, 0.6) is 0 Å². The number of carbonyl (C=O) groups excluding carboxylic acids is 1. The third-order valence-electron chi connectivity index (χ3n) is 2.76. The molecule has 0 aliphatic carbocycles. The highest BCUT2D eigenvalue weighted by molar-refractivity contribution is 5.96. The lowest BCUT2D eigenvalue weighted by Crippen LogP contribution is -2.25. The van der Waals surface area contributed by atoms with E-state index in [9.17, 15) is 9.90 Å². The number of rotatable bonds is 2. The summed E-state index contributed by atoms with van der Waals surface area (Å²) in [7, 11) is 0. The summed E-state index contributed by atoms with van der Waals surface area (Å²) in [5, 5.41) is 9.37. The summed E-state index contributed by atoms with van der Waals surface area (Å²) >= 11 is 0. The van der Waals surface area contributed by atoms with Gasteiger partial charge >= 0.3 is 0 Å². The molecule has 0 saturated carbocycles. The number of anilines is 1. The number of hydrogen-bond acceptors (Lipinski definition) is 2. The highest BCUT2D eigenvalue weighted by Crippen LogP contribution is 2.21. The van der Waals surface area contributed by atoms with Gasteiger partial charge in [0.1, 0.15) is 0 Å². The summed E-state index contributed by atoms with van der Waals surface area (Å²) < 4.78 is 0. The summed E-state index contributed by atoms with van der Waals surface area (Å²) in [6.45, 7) is 2.52. The van der Waals surface area contributed by atoms with Crippen LogP contribution in [0.3, 0.4) is 0 Å². The topological polar surface area (TPSA) is 40.5 Å². The van der Waals surface area contributed by atoms with Gasteiger partial charge in [-0.25, -0.2) is 0 Å². The van der Waals surface area contributed by atoms with Crippen LogP contribution < -0.4 is 4.90 Å². The summed E-state index contributed by atoms with van der Waals surface area (Å²) in [6.07, 6.45) is 0.732. The lowest BCUT2D eigenvalue weighted by molar-refractivity contribution is -0.117. The molecule has 1 aromatic rings. The Bertz CT molecular complexity index is 358. The average molecular weight is 205 g/mol. The Balaban J connectivity index is 2.19. The molecule has 0 bridgehead atoms. The first kappa shape index (κ1) is 10.2. The second-order valence-electron chi connectivity index (χ2n) is 3.88. The van der Waals surface area contributed by atoms with Crippen molar-refractivity contribution in [2.24, 2.45) is 0 Å². The van der Waals surface area contributed by atoms with Crippen molar-refractivity contribution in [3.8, 4) is 0 Å². The molecule has 1 aromatic carbocycles. The van der Waals surface area contributed by atoms with Gasteiger partial charge < -0.3 is 10.0 Å². The zero-order chi connectivity index (χ0) is 10.8. The Morgan fingerprint density at radius 3 is 2.53 bits per heavy atom. The second-order valence-corrected chi connectivity index (χ2v) is 3.88. The van der Waals surface area contributed by atoms with Crippen LogP contribution in [0.25, 0.3) is 0 Å². The van der Waals surface area contributed by atoms with Crippen molar-refractivity contribution < 1.29 is 9.90 Å². The van der Waals surface area contributed by atoms with Crippen LogP contribution in [0.1, 0.15) is 18.9 Å². The van der Waals surface area contributed by atoms with Crippen LogP contribution in [0.4, 0.5) is 5.69 Å². The molecule has 1 amide bonds. The Kier molecular flexibility index (Phi) is 2.73. The predicted molar refractivity (Wildman–Crippen MR) is 58.8 cm³/mol. The first-order valence-corrected chi connectivity index (χ1v) is 5.28. The third kappa shape index (κ3) is 2.02. The Hall–Kier alpha value is -1.35. The molecule has 1 aliphatic rings. The molecule has 0 spiro atoms. The van der Waals surface area contributed by atoms with Crippen LogP contribution in [-0.2, 0) is 11.2 Å². The average Bonchev–Trinajstić information content (AvgIpc) is 2.58. The minimum atomic E-state index is -0.511. The molecule has 15 heavy (non-hydrogen) atoms. The van der Waals surface area contributed by atoms with Crippen molar-refractivity contribution in [1.82, 2.24) is 0 Å². The number of benzene rings is 1. The molecular weight excluding hydrogens is 190 g/mol. The Morgan fingerprint density at radius 1 is 1.40 bits per heavy atom. The van der Waals surface area contributed by atoms with Crippen molar-refractivity contribution >= 4 is 11.6 Å². The molecule has 1 heterocycles. The molecule has 1 saturated heterocycles. The van der Waals surface area contributed by atoms with Gasteiger partial charge in [-0.2, -0.15) is 0 Å². The lowest BCUT2D eigenvalue weighted by Gasteiger charge is -2.15. The molecule has 3 nitrogen and oxygen atoms in total. The molecule has 0 radical (unpaired) electrons. The fourth-order valence-corrected chi connectivity index (χ4v) is 1.85. The van der Waals surface area contributed by atoms with Crippen LogP contribution in [-0.4, -0.2) is 23.7 Å². The fourth-order valence-electron chi connectivity index (χ4n) is 1.85. The van der Waals surface area contributed by atoms with Crippen molar-refractivity contribution in [3.05, 3.63) is 29.8 Å². The van der Waals surface area contributed by atoms with E-state index in [1.807, 2.05) is 24.3 Å². The summed E-state index contributed by atoms with van der Waals surface area (Å²) in [4.78, 5) is 13.1. The number of aliphatic hydroxyl groups excluding tert-OH is 1. The van der Waals surface area contributed by atoms with E-state index in [1.54, 1.807) is 4.90 Å². The van der Waals surface area contributed by atoms with Crippen LogP contribution in [0.15, 0.2) is 24.3 Å². The molecule has 2 rings (SSSR count). The number of aliphatic hydroxyl groups is 1. The molecule has 80 valence electrons. The smallest absolute Gasteiger partial charge is 0.229 e. The lowest BCUT2D eigenvalue weighted by atomic mass is 10.1. The number of carbonyl (C=O) groups is 1. The monoisotopic (exact) mass is 205 g/mol.